The molecule has 2 aromatic rings. The quantitative estimate of drug-likeness (QED) is 0.782. The maximum Gasteiger partial charge on any atom is 0.177 e. The van der Waals surface area contributed by atoms with Gasteiger partial charge in [0.2, 0.25) is 0 Å². The fourth-order valence-corrected chi connectivity index (χ4v) is 5.16. The van der Waals surface area contributed by atoms with E-state index in [1.54, 1.807) is 13.2 Å². The number of hydrogen-bond donors (Lipinski definition) is 2. The standard InChI is InChI=1S/C22H29N3O3S/c1-28-18-7-8-19-16(14-18)4-3-5-20(19)24-21-15-17(25-12-10-23-11-13-25)6-9-22(21)29(2,26)27/h6-9,14-15,20,23-24H,3-5,10-13H2,1-2H3. The Morgan fingerprint density at radius 1 is 1.14 bits per heavy atom. The second kappa shape index (κ2) is 8.24. The van der Waals surface area contributed by atoms with Gasteiger partial charge >= 0.3 is 0 Å². The fraction of sp³-hybridized carbons (Fsp3) is 0.455. The molecule has 1 fully saturated rings. The second-order valence-corrected chi connectivity index (χ2v) is 9.83. The van der Waals surface area contributed by atoms with Crippen LogP contribution in [0.2, 0.25) is 0 Å². The lowest BCUT2D eigenvalue weighted by atomic mass is 9.87. The fourth-order valence-electron chi connectivity index (χ4n) is 4.33. The number of piperazine rings is 1. The van der Waals surface area contributed by atoms with Crippen LogP contribution < -0.4 is 20.3 Å². The molecule has 0 bridgehead atoms. The van der Waals surface area contributed by atoms with E-state index in [1.807, 2.05) is 18.2 Å². The maximum absolute atomic E-state index is 12.4. The molecule has 7 heteroatoms. The molecule has 6 nitrogen and oxygen atoms in total. The van der Waals surface area contributed by atoms with E-state index in [0.29, 0.717) is 10.6 Å². The number of anilines is 2. The first-order valence-corrected chi connectivity index (χ1v) is 12.1. The van der Waals surface area contributed by atoms with Crippen LogP contribution in [0.5, 0.6) is 5.75 Å². The minimum Gasteiger partial charge on any atom is -0.497 e. The van der Waals surface area contributed by atoms with Gasteiger partial charge < -0.3 is 20.3 Å². The Morgan fingerprint density at radius 2 is 1.93 bits per heavy atom. The SMILES string of the molecule is COc1ccc2c(c1)CCCC2Nc1cc(N2CCNCC2)ccc1S(C)(=O)=O. The molecule has 1 heterocycles. The second-order valence-electron chi connectivity index (χ2n) is 7.84. The number of benzene rings is 2. The summed E-state index contributed by atoms with van der Waals surface area (Å²) in [5.41, 5.74) is 4.25. The van der Waals surface area contributed by atoms with Crippen LogP contribution in [-0.2, 0) is 16.3 Å². The predicted molar refractivity (Wildman–Crippen MR) is 117 cm³/mol. The lowest BCUT2D eigenvalue weighted by molar-refractivity contribution is 0.413. The lowest BCUT2D eigenvalue weighted by Crippen LogP contribution is -2.43. The number of ether oxygens (including phenoxy) is 1. The van der Waals surface area contributed by atoms with Crippen LogP contribution in [0, 0.1) is 0 Å². The Morgan fingerprint density at radius 3 is 2.66 bits per heavy atom. The van der Waals surface area contributed by atoms with E-state index in [1.165, 1.54) is 17.4 Å². The summed E-state index contributed by atoms with van der Waals surface area (Å²) < 4.78 is 30.2. The van der Waals surface area contributed by atoms with Crippen molar-refractivity contribution in [2.75, 3.05) is 49.8 Å². The number of methoxy groups -OCH3 is 1. The van der Waals surface area contributed by atoms with Crippen molar-refractivity contribution in [3.8, 4) is 5.75 Å². The third-order valence-electron chi connectivity index (χ3n) is 5.84. The molecule has 29 heavy (non-hydrogen) atoms. The summed E-state index contributed by atoms with van der Waals surface area (Å²) >= 11 is 0. The van der Waals surface area contributed by atoms with Gasteiger partial charge in [-0.3, -0.25) is 0 Å². The average Bonchev–Trinajstić information content (AvgIpc) is 2.73. The molecule has 1 atom stereocenters. The van der Waals surface area contributed by atoms with E-state index < -0.39 is 9.84 Å². The van der Waals surface area contributed by atoms with Gasteiger partial charge in [-0.15, -0.1) is 0 Å². The third-order valence-corrected chi connectivity index (χ3v) is 6.99. The lowest BCUT2D eigenvalue weighted by Gasteiger charge is -2.31. The first kappa shape index (κ1) is 20.0. The van der Waals surface area contributed by atoms with E-state index in [4.69, 9.17) is 4.74 Å². The molecule has 2 N–H and O–H groups in total. The van der Waals surface area contributed by atoms with Gasteiger partial charge in [-0.2, -0.15) is 0 Å². The monoisotopic (exact) mass is 415 g/mol. The number of rotatable bonds is 5. The Bertz CT molecular complexity index is 985. The van der Waals surface area contributed by atoms with Gasteiger partial charge in [0.15, 0.2) is 9.84 Å². The molecule has 2 aliphatic rings. The summed E-state index contributed by atoms with van der Waals surface area (Å²) in [6.45, 7) is 3.72. The number of nitrogens with one attached hydrogen (secondary N) is 2. The van der Waals surface area contributed by atoms with Crippen LogP contribution in [0.4, 0.5) is 11.4 Å². The highest BCUT2D eigenvalue weighted by Gasteiger charge is 2.24. The Balaban J connectivity index is 1.68. The largest absolute Gasteiger partial charge is 0.497 e. The first-order chi connectivity index (χ1) is 14.0. The number of aryl methyl sites for hydroxylation is 1. The molecule has 156 valence electrons. The van der Waals surface area contributed by atoms with Crippen molar-refractivity contribution in [1.82, 2.24) is 5.32 Å². The smallest absolute Gasteiger partial charge is 0.177 e. The molecule has 1 saturated heterocycles. The van der Waals surface area contributed by atoms with Crippen LogP contribution in [-0.4, -0.2) is 48.0 Å². The number of hydrogen-bond acceptors (Lipinski definition) is 6. The van der Waals surface area contributed by atoms with Gasteiger partial charge in [0.25, 0.3) is 0 Å². The van der Waals surface area contributed by atoms with Gasteiger partial charge in [0.05, 0.1) is 23.7 Å². The van der Waals surface area contributed by atoms with Crippen molar-refractivity contribution < 1.29 is 13.2 Å². The molecule has 1 unspecified atom stereocenters. The number of nitrogens with zero attached hydrogens (tertiary/aromatic N) is 1. The van der Waals surface area contributed by atoms with Crippen molar-refractivity contribution in [2.24, 2.45) is 0 Å². The Kier molecular flexibility index (Phi) is 5.69. The van der Waals surface area contributed by atoms with E-state index in [-0.39, 0.29) is 6.04 Å². The molecule has 0 saturated carbocycles. The van der Waals surface area contributed by atoms with Crippen molar-refractivity contribution >= 4 is 21.2 Å². The zero-order valence-corrected chi connectivity index (χ0v) is 17.9. The van der Waals surface area contributed by atoms with Crippen molar-refractivity contribution in [2.45, 2.75) is 30.2 Å². The molecule has 0 radical (unpaired) electrons. The summed E-state index contributed by atoms with van der Waals surface area (Å²) in [6, 6.07) is 11.9. The van der Waals surface area contributed by atoms with E-state index in [0.717, 1.165) is 56.9 Å². The highest BCUT2D eigenvalue weighted by atomic mass is 32.2. The van der Waals surface area contributed by atoms with Gasteiger partial charge in [0.1, 0.15) is 5.75 Å². The summed E-state index contributed by atoms with van der Waals surface area (Å²) in [5.74, 6) is 0.863. The molecule has 0 amide bonds. The first-order valence-electron chi connectivity index (χ1n) is 10.2. The topological polar surface area (TPSA) is 70.7 Å². The normalized spacial score (nSPS) is 19.5. The van der Waals surface area contributed by atoms with Crippen LogP contribution >= 0.6 is 0 Å². The Labute approximate surface area is 173 Å². The molecule has 2 aromatic carbocycles. The average molecular weight is 416 g/mol. The summed E-state index contributed by atoms with van der Waals surface area (Å²) in [4.78, 5) is 2.66. The van der Waals surface area contributed by atoms with Gasteiger partial charge in [-0.05, 0) is 60.7 Å². The van der Waals surface area contributed by atoms with E-state index >= 15 is 0 Å². The van der Waals surface area contributed by atoms with Crippen LogP contribution in [0.3, 0.4) is 0 Å². The third kappa shape index (κ3) is 4.36. The molecule has 1 aliphatic carbocycles. The minimum absolute atomic E-state index is 0.0865. The van der Waals surface area contributed by atoms with Crippen molar-refractivity contribution in [3.63, 3.8) is 0 Å². The summed E-state index contributed by atoms with van der Waals surface area (Å²) in [5, 5.41) is 6.92. The van der Waals surface area contributed by atoms with E-state index in [2.05, 4.69) is 27.7 Å². The molecule has 0 aromatic heterocycles. The minimum atomic E-state index is -3.33. The molecule has 4 rings (SSSR count). The van der Waals surface area contributed by atoms with Crippen molar-refractivity contribution in [1.29, 1.82) is 0 Å². The van der Waals surface area contributed by atoms with Gasteiger partial charge in [0, 0.05) is 38.1 Å². The number of sulfone groups is 1. The number of fused-ring (bicyclic) bond motifs is 1. The van der Waals surface area contributed by atoms with Crippen molar-refractivity contribution in [3.05, 3.63) is 47.5 Å². The highest BCUT2D eigenvalue weighted by Crippen LogP contribution is 2.37. The van der Waals surface area contributed by atoms with Crippen LogP contribution in [0.25, 0.3) is 0 Å². The maximum atomic E-state index is 12.4. The zero-order chi connectivity index (χ0) is 20.4. The van der Waals surface area contributed by atoms with Crippen LogP contribution in [0.15, 0.2) is 41.3 Å². The summed E-state index contributed by atoms with van der Waals surface area (Å²) in [7, 11) is -1.65. The predicted octanol–water partition coefficient (Wildman–Crippen LogP) is 3.00. The van der Waals surface area contributed by atoms with Gasteiger partial charge in [-0.25, -0.2) is 8.42 Å². The summed E-state index contributed by atoms with van der Waals surface area (Å²) in [6.07, 6.45) is 4.33. The Hall–Kier alpha value is -2.25. The highest BCUT2D eigenvalue weighted by molar-refractivity contribution is 7.90. The molecule has 0 spiro atoms. The molecular formula is C22H29N3O3S. The van der Waals surface area contributed by atoms with E-state index in [9.17, 15) is 8.42 Å². The van der Waals surface area contributed by atoms with Gasteiger partial charge in [-0.1, -0.05) is 6.07 Å². The molecule has 1 aliphatic heterocycles. The zero-order valence-electron chi connectivity index (χ0n) is 17.1. The molecular weight excluding hydrogens is 386 g/mol. The van der Waals surface area contributed by atoms with Crippen LogP contribution in [0.1, 0.15) is 30.0 Å².